The van der Waals surface area contributed by atoms with Crippen molar-refractivity contribution in [1.29, 1.82) is 0 Å². The van der Waals surface area contributed by atoms with Gasteiger partial charge < -0.3 is 15.7 Å². The first kappa shape index (κ1) is 14.0. The molecular weight excluding hydrogens is 260 g/mol. The molecule has 0 spiro atoms. The standard InChI is InChI=1S/C13H20N4OS/c1-8(4-5-18)7-15-11-10-6-9(2)19-12(10)17-13(14-3)16-11/h6,8,18H,4-5,7H2,1-3H3,(H2,14,15,16,17). The lowest BCUT2D eigenvalue weighted by atomic mass is 10.1. The number of anilines is 2. The molecule has 5 nitrogen and oxygen atoms in total. The van der Waals surface area contributed by atoms with E-state index < -0.39 is 0 Å². The average molecular weight is 280 g/mol. The van der Waals surface area contributed by atoms with E-state index in [-0.39, 0.29) is 6.61 Å². The normalized spacial score (nSPS) is 12.6. The minimum Gasteiger partial charge on any atom is -0.396 e. The van der Waals surface area contributed by atoms with Gasteiger partial charge in [0.15, 0.2) is 0 Å². The molecular formula is C13H20N4OS. The fraction of sp³-hybridized carbons (Fsp3) is 0.538. The number of aromatic nitrogens is 2. The van der Waals surface area contributed by atoms with E-state index in [1.165, 1.54) is 4.88 Å². The highest BCUT2D eigenvalue weighted by atomic mass is 32.1. The summed E-state index contributed by atoms with van der Waals surface area (Å²) < 4.78 is 0. The van der Waals surface area contributed by atoms with Crippen LogP contribution in [0.3, 0.4) is 0 Å². The van der Waals surface area contributed by atoms with Crippen molar-refractivity contribution >= 4 is 33.3 Å². The Labute approximate surface area is 117 Å². The van der Waals surface area contributed by atoms with Gasteiger partial charge in [-0.2, -0.15) is 4.98 Å². The predicted molar refractivity (Wildman–Crippen MR) is 81.1 cm³/mol. The lowest BCUT2D eigenvalue weighted by molar-refractivity contribution is 0.266. The first-order valence-electron chi connectivity index (χ1n) is 6.44. The van der Waals surface area contributed by atoms with Crippen LogP contribution in [-0.2, 0) is 0 Å². The molecule has 0 fully saturated rings. The third-order valence-electron chi connectivity index (χ3n) is 2.98. The van der Waals surface area contributed by atoms with E-state index in [1.807, 2.05) is 7.05 Å². The number of thiophene rings is 1. The van der Waals surface area contributed by atoms with Crippen LogP contribution >= 0.6 is 11.3 Å². The Hall–Kier alpha value is -1.40. The van der Waals surface area contributed by atoms with Crippen molar-refractivity contribution in [2.75, 3.05) is 30.8 Å². The molecule has 0 aliphatic heterocycles. The lowest BCUT2D eigenvalue weighted by Crippen LogP contribution is -2.14. The van der Waals surface area contributed by atoms with Gasteiger partial charge in [-0.05, 0) is 25.3 Å². The van der Waals surface area contributed by atoms with Crippen LogP contribution in [0.5, 0.6) is 0 Å². The van der Waals surface area contributed by atoms with Crippen LogP contribution < -0.4 is 10.6 Å². The van der Waals surface area contributed by atoms with Crippen LogP contribution in [-0.4, -0.2) is 35.3 Å². The van der Waals surface area contributed by atoms with Crippen molar-refractivity contribution in [2.24, 2.45) is 5.92 Å². The van der Waals surface area contributed by atoms with Gasteiger partial charge in [0.05, 0.1) is 5.39 Å². The third kappa shape index (κ3) is 3.33. The molecule has 0 radical (unpaired) electrons. The highest BCUT2D eigenvalue weighted by molar-refractivity contribution is 7.18. The Kier molecular flexibility index (Phi) is 4.55. The Morgan fingerprint density at radius 1 is 1.42 bits per heavy atom. The predicted octanol–water partition coefficient (Wildman–Crippen LogP) is 2.47. The highest BCUT2D eigenvalue weighted by Crippen LogP contribution is 2.29. The van der Waals surface area contributed by atoms with E-state index in [9.17, 15) is 0 Å². The second-order valence-corrected chi connectivity index (χ2v) is 5.95. The molecule has 1 unspecified atom stereocenters. The van der Waals surface area contributed by atoms with Gasteiger partial charge >= 0.3 is 0 Å². The smallest absolute Gasteiger partial charge is 0.225 e. The number of nitrogens with zero attached hydrogens (tertiary/aromatic N) is 2. The summed E-state index contributed by atoms with van der Waals surface area (Å²) in [4.78, 5) is 11.2. The van der Waals surface area contributed by atoms with Gasteiger partial charge in [0, 0.05) is 25.1 Å². The van der Waals surface area contributed by atoms with Crippen LogP contribution in [0.2, 0.25) is 0 Å². The number of nitrogens with one attached hydrogen (secondary N) is 2. The fourth-order valence-corrected chi connectivity index (χ4v) is 2.76. The molecule has 104 valence electrons. The van der Waals surface area contributed by atoms with E-state index >= 15 is 0 Å². The SMILES string of the molecule is CNc1nc(NCC(C)CCO)c2cc(C)sc2n1. The number of aliphatic hydroxyl groups is 1. The largest absolute Gasteiger partial charge is 0.396 e. The first-order chi connectivity index (χ1) is 9.13. The summed E-state index contributed by atoms with van der Waals surface area (Å²) in [5.41, 5.74) is 0. The van der Waals surface area contributed by atoms with Gasteiger partial charge in [0.2, 0.25) is 5.95 Å². The quantitative estimate of drug-likeness (QED) is 0.758. The van der Waals surface area contributed by atoms with Gasteiger partial charge in [0.25, 0.3) is 0 Å². The van der Waals surface area contributed by atoms with Crippen LogP contribution in [0.4, 0.5) is 11.8 Å². The Morgan fingerprint density at radius 2 is 2.21 bits per heavy atom. The van der Waals surface area contributed by atoms with Crippen LogP contribution in [0.25, 0.3) is 10.2 Å². The second kappa shape index (κ2) is 6.16. The zero-order valence-corrected chi connectivity index (χ0v) is 12.3. The summed E-state index contributed by atoms with van der Waals surface area (Å²) in [6.45, 7) is 5.20. The summed E-state index contributed by atoms with van der Waals surface area (Å²) in [7, 11) is 1.82. The maximum Gasteiger partial charge on any atom is 0.225 e. The first-order valence-corrected chi connectivity index (χ1v) is 7.26. The topological polar surface area (TPSA) is 70.1 Å². The Balaban J connectivity index is 2.24. The molecule has 0 bridgehead atoms. The van der Waals surface area contributed by atoms with E-state index in [0.29, 0.717) is 11.9 Å². The number of hydrogen-bond acceptors (Lipinski definition) is 6. The molecule has 19 heavy (non-hydrogen) atoms. The molecule has 0 aliphatic carbocycles. The van der Waals surface area contributed by atoms with Gasteiger partial charge in [-0.15, -0.1) is 11.3 Å². The molecule has 0 aliphatic rings. The Bertz CT molecular complexity index is 555. The number of rotatable bonds is 6. The van der Waals surface area contributed by atoms with E-state index in [4.69, 9.17) is 5.11 Å². The fourth-order valence-electron chi connectivity index (χ4n) is 1.88. The maximum absolute atomic E-state index is 8.93. The summed E-state index contributed by atoms with van der Waals surface area (Å²) in [6.07, 6.45) is 0.794. The van der Waals surface area contributed by atoms with Crippen LogP contribution in [0.1, 0.15) is 18.2 Å². The number of fused-ring (bicyclic) bond motifs is 1. The number of aliphatic hydroxyl groups excluding tert-OH is 1. The molecule has 1 atom stereocenters. The molecule has 2 heterocycles. The lowest BCUT2D eigenvalue weighted by Gasteiger charge is -2.13. The molecule has 3 N–H and O–H groups in total. The van der Waals surface area contributed by atoms with Gasteiger partial charge in [-0.25, -0.2) is 4.98 Å². The molecule has 2 aromatic heterocycles. The van der Waals surface area contributed by atoms with E-state index in [0.717, 1.165) is 29.0 Å². The van der Waals surface area contributed by atoms with Gasteiger partial charge in [0.1, 0.15) is 10.6 Å². The summed E-state index contributed by atoms with van der Waals surface area (Å²) >= 11 is 1.67. The summed E-state index contributed by atoms with van der Waals surface area (Å²) in [6, 6.07) is 2.11. The third-order valence-corrected chi connectivity index (χ3v) is 3.92. The number of aryl methyl sites for hydroxylation is 1. The van der Waals surface area contributed by atoms with Gasteiger partial charge in [-0.3, -0.25) is 0 Å². The van der Waals surface area contributed by atoms with E-state index in [1.54, 1.807) is 11.3 Å². The van der Waals surface area contributed by atoms with Crippen molar-refractivity contribution in [1.82, 2.24) is 9.97 Å². The average Bonchev–Trinajstić information content (AvgIpc) is 2.76. The Morgan fingerprint density at radius 3 is 2.89 bits per heavy atom. The van der Waals surface area contributed by atoms with Crippen molar-refractivity contribution in [3.63, 3.8) is 0 Å². The van der Waals surface area contributed by atoms with Gasteiger partial charge in [-0.1, -0.05) is 6.92 Å². The van der Waals surface area contributed by atoms with Crippen LogP contribution in [0.15, 0.2) is 6.07 Å². The molecule has 2 aromatic rings. The molecule has 0 saturated heterocycles. The summed E-state index contributed by atoms with van der Waals surface area (Å²) in [5.74, 6) is 1.91. The summed E-state index contributed by atoms with van der Waals surface area (Å²) in [5, 5.41) is 16.3. The number of hydrogen-bond donors (Lipinski definition) is 3. The van der Waals surface area contributed by atoms with Crippen molar-refractivity contribution in [3.05, 3.63) is 10.9 Å². The zero-order valence-electron chi connectivity index (χ0n) is 11.5. The molecule has 0 amide bonds. The van der Waals surface area contributed by atoms with E-state index in [2.05, 4.69) is 40.5 Å². The van der Waals surface area contributed by atoms with Crippen molar-refractivity contribution in [2.45, 2.75) is 20.3 Å². The molecule has 6 heteroatoms. The highest BCUT2D eigenvalue weighted by Gasteiger charge is 2.10. The minimum atomic E-state index is 0.224. The molecule has 0 aromatic carbocycles. The van der Waals surface area contributed by atoms with Crippen molar-refractivity contribution < 1.29 is 5.11 Å². The second-order valence-electron chi connectivity index (χ2n) is 4.72. The molecule has 0 saturated carbocycles. The molecule has 2 rings (SSSR count). The maximum atomic E-state index is 8.93. The van der Waals surface area contributed by atoms with Crippen LogP contribution in [0, 0.1) is 12.8 Å². The van der Waals surface area contributed by atoms with Crippen molar-refractivity contribution in [3.8, 4) is 0 Å². The minimum absolute atomic E-state index is 0.224. The monoisotopic (exact) mass is 280 g/mol. The zero-order chi connectivity index (χ0) is 13.8.